The normalized spacial score (nSPS) is 13.1. The standard InChI is InChI=1S/C24H22F2N2O3S.ClH/c1-2-31-24(30)21-18-10-11-28(13-15-6-4-3-5-7-15)14-20(18)32-23(21)27-22(29)17-9-8-16(25)12-19(17)26;/h3-9,12H,2,10-11,13-14H2,1H3,(H,27,29);1H. The van der Waals surface area contributed by atoms with E-state index >= 15 is 0 Å². The van der Waals surface area contributed by atoms with E-state index in [1.807, 2.05) is 18.2 Å². The molecule has 4 rings (SSSR count). The van der Waals surface area contributed by atoms with Crippen LogP contribution in [0.5, 0.6) is 0 Å². The molecule has 1 amide bonds. The number of nitrogens with one attached hydrogen (secondary N) is 1. The molecule has 0 atom stereocenters. The van der Waals surface area contributed by atoms with Gasteiger partial charge in [0.25, 0.3) is 5.91 Å². The fraction of sp³-hybridized carbons (Fsp3) is 0.250. The van der Waals surface area contributed by atoms with E-state index in [0.717, 1.165) is 35.7 Å². The number of esters is 1. The third-order valence-electron chi connectivity index (χ3n) is 5.27. The number of anilines is 1. The minimum absolute atomic E-state index is 0. The second-order valence-corrected chi connectivity index (χ2v) is 8.56. The zero-order valence-corrected chi connectivity index (χ0v) is 19.5. The van der Waals surface area contributed by atoms with Crippen LogP contribution < -0.4 is 5.32 Å². The first-order chi connectivity index (χ1) is 15.5. The first kappa shape index (κ1) is 24.8. The second-order valence-electron chi connectivity index (χ2n) is 7.45. The maximum atomic E-state index is 14.1. The Bertz CT molecular complexity index is 1150. The molecular formula is C24H23ClF2N2O3S. The highest BCUT2D eigenvalue weighted by molar-refractivity contribution is 7.17. The fourth-order valence-corrected chi connectivity index (χ4v) is 5.06. The summed E-state index contributed by atoms with van der Waals surface area (Å²) >= 11 is 1.29. The van der Waals surface area contributed by atoms with Gasteiger partial charge in [-0.15, -0.1) is 23.7 Å². The molecule has 2 heterocycles. The quantitative estimate of drug-likeness (QED) is 0.466. The Balaban J connectivity index is 0.00000306. The van der Waals surface area contributed by atoms with Crippen LogP contribution in [0.2, 0.25) is 0 Å². The molecule has 0 spiro atoms. The average Bonchev–Trinajstić information content (AvgIpc) is 3.11. The third kappa shape index (κ3) is 5.58. The molecule has 3 aromatic rings. The molecule has 0 unspecified atom stereocenters. The number of rotatable bonds is 6. The van der Waals surface area contributed by atoms with Crippen LogP contribution in [0.3, 0.4) is 0 Å². The first-order valence-electron chi connectivity index (χ1n) is 10.3. The van der Waals surface area contributed by atoms with Gasteiger partial charge in [-0.05, 0) is 36.6 Å². The molecule has 5 nitrogen and oxygen atoms in total. The number of amides is 1. The minimum atomic E-state index is -0.962. The van der Waals surface area contributed by atoms with Crippen molar-refractivity contribution in [2.45, 2.75) is 26.4 Å². The van der Waals surface area contributed by atoms with E-state index in [2.05, 4.69) is 22.3 Å². The van der Waals surface area contributed by atoms with Gasteiger partial charge in [-0.2, -0.15) is 0 Å². The van der Waals surface area contributed by atoms with Crippen LogP contribution >= 0.6 is 23.7 Å². The molecule has 0 radical (unpaired) electrons. The van der Waals surface area contributed by atoms with Crippen LogP contribution in [-0.4, -0.2) is 29.9 Å². The number of halogens is 3. The summed E-state index contributed by atoms with van der Waals surface area (Å²) in [5.41, 5.74) is 2.08. The summed E-state index contributed by atoms with van der Waals surface area (Å²) in [6, 6.07) is 12.9. The number of carbonyl (C=O) groups excluding carboxylic acids is 2. The number of nitrogens with zero attached hydrogens (tertiary/aromatic N) is 1. The van der Waals surface area contributed by atoms with Crippen molar-refractivity contribution in [2.75, 3.05) is 18.5 Å². The van der Waals surface area contributed by atoms with Gasteiger partial charge in [-0.1, -0.05) is 30.3 Å². The zero-order chi connectivity index (χ0) is 22.7. The number of benzene rings is 2. The Morgan fingerprint density at radius 3 is 2.61 bits per heavy atom. The summed E-state index contributed by atoms with van der Waals surface area (Å²) in [7, 11) is 0. The molecule has 33 heavy (non-hydrogen) atoms. The molecule has 1 aromatic heterocycles. The summed E-state index contributed by atoms with van der Waals surface area (Å²) in [5.74, 6) is -2.99. The van der Waals surface area contributed by atoms with Crippen molar-refractivity contribution in [3.63, 3.8) is 0 Å². The van der Waals surface area contributed by atoms with E-state index in [1.165, 1.54) is 16.9 Å². The van der Waals surface area contributed by atoms with Gasteiger partial charge in [0.1, 0.15) is 16.6 Å². The van der Waals surface area contributed by atoms with Gasteiger partial charge >= 0.3 is 5.97 Å². The molecule has 1 aliphatic heterocycles. The molecule has 0 saturated heterocycles. The van der Waals surface area contributed by atoms with Gasteiger partial charge in [0, 0.05) is 30.6 Å². The summed E-state index contributed by atoms with van der Waals surface area (Å²) in [5, 5.41) is 2.97. The maximum absolute atomic E-state index is 14.1. The molecule has 1 aliphatic rings. The van der Waals surface area contributed by atoms with Crippen LogP contribution in [0.4, 0.5) is 13.8 Å². The lowest BCUT2D eigenvalue weighted by molar-refractivity contribution is 0.0526. The van der Waals surface area contributed by atoms with Crippen molar-refractivity contribution in [3.8, 4) is 0 Å². The summed E-state index contributed by atoms with van der Waals surface area (Å²) in [6.45, 7) is 4.07. The van der Waals surface area contributed by atoms with Gasteiger partial charge in [-0.25, -0.2) is 13.6 Å². The molecule has 0 bridgehead atoms. The lowest BCUT2D eigenvalue weighted by Gasteiger charge is -2.27. The zero-order valence-electron chi connectivity index (χ0n) is 17.9. The highest BCUT2D eigenvalue weighted by atomic mass is 35.5. The number of thiophene rings is 1. The SMILES string of the molecule is CCOC(=O)c1c(NC(=O)c2ccc(F)cc2F)sc2c1CCN(Cc1ccccc1)C2.Cl. The first-order valence-corrected chi connectivity index (χ1v) is 11.1. The van der Waals surface area contributed by atoms with Gasteiger partial charge in [0.05, 0.1) is 17.7 Å². The predicted molar refractivity (Wildman–Crippen MR) is 126 cm³/mol. The van der Waals surface area contributed by atoms with Crippen LogP contribution in [0.15, 0.2) is 48.5 Å². The number of ether oxygens (including phenoxy) is 1. The van der Waals surface area contributed by atoms with E-state index in [0.29, 0.717) is 29.6 Å². The molecule has 0 aliphatic carbocycles. The summed E-state index contributed by atoms with van der Waals surface area (Å²) in [4.78, 5) is 28.6. The highest BCUT2D eigenvalue weighted by Crippen LogP contribution is 2.38. The topological polar surface area (TPSA) is 58.6 Å². The Labute approximate surface area is 200 Å². The largest absolute Gasteiger partial charge is 0.462 e. The third-order valence-corrected chi connectivity index (χ3v) is 6.40. The molecule has 9 heteroatoms. The Kier molecular flexibility index (Phi) is 8.18. The Morgan fingerprint density at radius 1 is 1.15 bits per heavy atom. The molecule has 1 N–H and O–H groups in total. The van der Waals surface area contributed by atoms with Crippen LogP contribution in [0, 0.1) is 11.6 Å². The average molecular weight is 493 g/mol. The van der Waals surface area contributed by atoms with Gasteiger partial charge in [0.15, 0.2) is 0 Å². The number of carbonyl (C=O) groups is 2. The molecular weight excluding hydrogens is 470 g/mol. The number of fused-ring (bicyclic) bond motifs is 1. The van der Waals surface area contributed by atoms with Crippen LogP contribution in [0.1, 0.15) is 43.6 Å². The summed E-state index contributed by atoms with van der Waals surface area (Å²) in [6.07, 6.45) is 0.633. The van der Waals surface area contributed by atoms with Gasteiger partial charge in [0.2, 0.25) is 0 Å². The molecule has 0 saturated carbocycles. The molecule has 0 fully saturated rings. The van der Waals surface area contributed by atoms with E-state index < -0.39 is 23.5 Å². The van der Waals surface area contributed by atoms with Crippen molar-refractivity contribution in [1.82, 2.24) is 4.90 Å². The van der Waals surface area contributed by atoms with E-state index in [9.17, 15) is 18.4 Å². The van der Waals surface area contributed by atoms with Crippen molar-refractivity contribution in [3.05, 3.63) is 87.3 Å². The van der Waals surface area contributed by atoms with Crippen molar-refractivity contribution < 1.29 is 23.1 Å². The monoisotopic (exact) mass is 492 g/mol. The van der Waals surface area contributed by atoms with Crippen LogP contribution in [0.25, 0.3) is 0 Å². The summed E-state index contributed by atoms with van der Waals surface area (Å²) < 4.78 is 32.5. The van der Waals surface area contributed by atoms with Gasteiger partial charge in [-0.3, -0.25) is 9.69 Å². The number of hydrogen-bond donors (Lipinski definition) is 1. The van der Waals surface area contributed by atoms with Crippen molar-refractivity contribution >= 4 is 40.6 Å². The maximum Gasteiger partial charge on any atom is 0.341 e. The predicted octanol–water partition coefficient (Wildman–Crippen LogP) is 5.44. The molecule has 174 valence electrons. The van der Waals surface area contributed by atoms with Crippen molar-refractivity contribution in [1.29, 1.82) is 0 Å². The number of hydrogen-bond acceptors (Lipinski definition) is 5. The smallest absolute Gasteiger partial charge is 0.341 e. The molecule has 2 aromatic carbocycles. The van der Waals surface area contributed by atoms with E-state index in [4.69, 9.17) is 4.74 Å². The lowest BCUT2D eigenvalue weighted by atomic mass is 10.0. The fourth-order valence-electron chi connectivity index (χ4n) is 3.78. The van der Waals surface area contributed by atoms with Crippen LogP contribution in [-0.2, 0) is 24.2 Å². The Morgan fingerprint density at radius 2 is 1.91 bits per heavy atom. The highest BCUT2D eigenvalue weighted by Gasteiger charge is 2.30. The van der Waals surface area contributed by atoms with E-state index in [1.54, 1.807) is 6.92 Å². The minimum Gasteiger partial charge on any atom is -0.462 e. The Hall–Kier alpha value is -2.81. The van der Waals surface area contributed by atoms with Gasteiger partial charge < -0.3 is 10.1 Å². The second kappa shape index (κ2) is 10.9. The lowest BCUT2D eigenvalue weighted by Crippen LogP contribution is -2.29. The van der Waals surface area contributed by atoms with Crippen molar-refractivity contribution in [2.24, 2.45) is 0 Å². The van der Waals surface area contributed by atoms with E-state index in [-0.39, 0.29) is 24.6 Å².